The fourth-order valence-electron chi connectivity index (χ4n) is 0.777. The van der Waals surface area contributed by atoms with Crippen LogP contribution in [0.1, 0.15) is 28.6 Å². The lowest BCUT2D eigenvalue weighted by Crippen LogP contribution is -1.98. The lowest BCUT2D eigenvalue weighted by molar-refractivity contribution is 0.0563. The minimum absolute atomic E-state index is 0.181. The van der Waals surface area contributed by atoms with E-state index in [0.29, 0.717) is 5.76 Å². The SMILES string of the molecule is COC(=O)c1ccc(C(C)Cl)o1. The molecule has 0 amide bonds. The van der Waals surface area contributed by atoms with E-state index in [2.05, 4.69) is 4.74 Å². The van der Waals surface area contributed by atoms with Gasteiger partial charge in [0.15, 0.2) is 0 Å². The number of rotatable bonds is 2. The normalized spacial score (nSPS) is 12.6. The summed E-state index contributed by atoms with van der Waals surface area (Å²) >= 11 is 5.72. The van der Waals surface area contributed by atoms with E-state index in [-0.39, 0.29) is 11.1 Å². The Kier molecular flexibility index (Phi) is 2.76. The topological polar surface area (TPSA) is 39.4 Å². The highest BCUT2D eigenvalue weighted by Gasteiger charge is 2.13. The summed E-state index contributed by atoms with van der Waals surface area (Å²) in [7, 11) is 1.30. The van der Waals surface area contributed by atoms with Crippen LogP contribution in [0.3, 0.4) is 0 Å². The molecule has 0 aromatic carbocycles. The quantitative estimate of drug-likeness (QED) is 0.528. The third-order valence-electron chi connectivity index (χ3n) is 1.41. The lowest BCUT2D eigenvalue weighted by atomic mass is 10.3. The molecule has 0 fully saturated rings. The van der Waals surface area contributed by atoms with Crippen LogP contribution in [0.4, 0.5) is 0 Å². The molecule has 1 atom stereocenters. The average Bonchev–Trinajstić information content (AvgIpc) is 2.51. The summed E-state index contributed by atoms with van der Waals surface area (Å²) < 4.78 is 9.54. The number of hydrogen-bond donors (Lipinski definition) is 0. The maximum atomic E-state index is 10.9. The fourth-order valence-corrected chi connectivity index (χ4v) is 0.894. The van der Waals surface area contributed by atoms with Crippen LogP contribution in [0.5, 0.6) is 0 Å². The fraction of sp³-hybridized carbons (Fsp3) is 0.375. The summed E-state index contributed by atoms with van der Waals surface area (Å²) in [5, 5.41) is -0.233. The summed E-state index contributed by atoms with van der Waals surface area (Å²) in [6.07, 6.45) is 0. The summed E-state index contributed by atoms with van der Waals surface area (Å²) in [5.74, 6) is 0.260. The summed E-state index contributed by atoms with van der Waals surface area (Å²) in [5.41, 5.74) is 0. The van der Waals surface area contributed by atoms with E-state index in [1.54, 1.807) is 19.1 Å². The number of methoxy groups -OCH3 is 1. The predicted octanol–water partition coefficient (Wildman–Crippen LogP) is 2.37. The zero-order chi connectivity index (χ0) is 9.14. The van der Waals surface area contributed by atoms with Crippen molar-refractivity contribution in [2.75, 3.05) is 7.11 Å². The van der Waals surface area contributed by atoms with Crippen LogP contribution in [-0.2, 0) is 4.74 Å². The maximum absolute atomic E-state index is 10.9. The molecule has 0 aliphatic carbocycles. The molecule has 1 heterocycles. The van der Waals surface area contributed by atoms with Gasteiger partial charge in [0.25, 0.3) is 0 Å². The molecule has 0 spiro atoms. The Morgan fingerprint density at radius 1 is 1.67 bits per heavy atom. The molecule has 0 saturated heterocycles. The summed E-state index contributed by atoms with van der Waals surface area (Å²) in [6.45, 7) is 1.77. The van der Waals surface area contributed by atoms with Crippen LogP contribution in [0, 0.1) is 0 Å². The predicted molar refractivity (Wildman–Crippen MR) is 44.3 cm³/mol. The molecule has 1 rings (SSSR count). The van der Waals surface area contributed by atoms with Gasteiger partial charge in [0.05, 0.1) is 12.5 Å². The monoisotopic (exact) mass is 188 g/mol. The second kappa shape index (κ2) is 3.63. The Morgan fingerprint density at radius 3 is 2.75 bits per heavy atom. The molecular formula is C8H9ClO3. The van der Waals surface area contributed by atoms with Gasteiger partial charge in [-0.15, -0.1) is 11.6 Å². The third kappa shape index (κ3) is 1.80. The largest absolute Gasteiger partial charge is 0.463 e. The van der Waals surface area contributed by atoms with Gasteiger partial charge >= 0.3 is 5.97 Å². The van der Waals surface area contributed by atoms with Crippen LogP contribution in [0.2, 0.25) is 0 Å². The second-order valence-corrected chi connectivity index (χ2v) is 2.96. The summed E-state index contributed by atoms with van der Waals surface area (Å²) in [6, 6.07) is 3.20. The first kappa shape index (κ1) is 9.13. The van der Waals surface area contributed by atoms with Crippen LogP contribution < -0.4 is 0 Å². The molecule has 0 N–H and O–H groups in total. The Labute approximate surface area is 75.3 Å². The van der Waals surface area contributed by atoms with Crippen LogP contribution in [-0.4, -0.2) is 13.1 Å². The molecular weight excluding hydrogens is 180 g/mol. The van der Waals surface area contributed by atoms with Gasteiger partial charge < -0.3 is 9.15 Å². The maximum Gasteiger partial charge on any atom is 0.373 e. The van der Waals surface area contributed by atoms with Crippen molar-refractivity contribution in [3.63, 3.8) is 0 Å². The number of alkyl halides is 1. The number of halogens is 1. The molecule has 4 heteroatoms. The molecule has 0 bridgehead atoms. The highest BCUT2D eigenvalue weighted by Crippen LogP contribution is 2.21. The van der Waals surface area contributed by atoms with E-state index in [1.165, 1.54) is 7.11 Å². The van der Waals surface area contributed by atoms with Gasteiger partial charge in [-0.2, -0.15) is 0 Å². The van der Waals surface area contributed by atoms with Gasteiger partial charge in [-0.1, -0.05) is 0 Å². The lowest BCUT2D eigenvalue weighted by Gasteiger charge is -1.96. The van der Waals surface area contributed by atoms with Crippen molar-refractivity contribution in [1.82, 2.24) is 0 Å². The Hall–Kier alpha value is -0.960. The molecule has 1 aromatic rings. The first-order valence-electron chi connectivity index (χ1n) is 3.47. The van der Waals surface area contributed by atoms with Gasteiger partial charge in [-0.05, 0) is 19.1 Å². The van der Waals surface area contributed by atoms with Gasteiger partial charge in [0.1, 0.15) is 5.76 Å². The zero-order valence-electron chi connectivity index (χ0n) is 6.83. The van der Waals surface area contributed by atoms with E-state index in [4.69, 9.17) is 16.0 Å². The number of ether oxygens (including phenoxy) is 1. The van der Waals surface area contributed by atoms with E-state index >= 15 is 0 Å². The highest BCUT2D eigenvalue weighted by molar-refractivity contribution is 6.20. The van der Waals surface area contributed by atoms with Crippen molar-refractivity contribution in [2.45, 2.75) is 12.3 Å². The van der Waals surface area contributed by atoms with Crippen molar-refractivity contribution in [2.24, 2.45) is 0 Å². The van der Waals surface area contributed by atoms with Crippen LogP contribution in [0.15, 0.2) is 16.5 Å². The zero-order valence-corrected chi connectivity index (χ0v) is 7.59. The van der Waals surface area contributed by atoms with Crippen molar-refractivity contribution < 1.29 is 13.9 Å². The Morgan fingerprint density at radius 2 is 2.33 bits per heavy atom. The average molecular weight is 189 g/mol. The molecule has 1 aromatic heterocycles. The number of hydrogen-bond acceptors (Lipinski definition) is 3. The molecule has 1 unspecified atom stereocenters. The van der Waals surface area contributed by atoms with E-state index in [0.717, 1.165) is 0 Å². The Bertz CT molecular complexity index is 278. The van der Waals surface area contributed by atoms with Crippen molar-refractivity contribution in [3.8, 4) is 0 Å². The number of furan rings is 1. The number of esters is 1. The molecule has 3 nitrogen and oxygen atoms in total. The minimum atomic E-state index is -0.487. The first-order valence-corrected chi connectivity index (χ1v) is 3.91. The first-order chi connectivity index (χ1) is 5.65. The Balaban J connectivity index is 2.84. The van der Waals surface area contributed by atoms with Gasteiger partial charge in [0.2, 0.25) is 5.76 Å². The van der Waals surface area contributed by atoms with Crippen molar-refractivity contribution >= 4 is 17.6 Å². The molecule has 0 saturated carbocycles. The van der Waals surface area contributed by atoms with E-state index in [1.807, 2.05) is 0 Å². The smallest absolute Gasteiger partial charge is 0.373 e. The molecule has 0 radical (unpaired) electrons. The molecule has 0 aliphatic rings. The van der Waals surface area contributed by atoms with Crippen LogP contribution >= 0.6 is 11.6 Å². The van der Waals surface area contributed by atoms with Crippen LogP contribution in [0.25, 0.3) is 0 Å². The van der Waals surface area contributed by atoms with Gasteiger partial charge in [0, 0.05) is 0 Å². The number of carbonyl (C=O) groups excluding carboxylic acids is 1. The molecule has 0 aliphatic heterocycles. The highest BCUT2D eigenvalue weighted by atomic mass is 35.5. The van der Waals surface area contributed by atoms with E-state index < -0.39 is 5.97 Å². The van der Waals surface area contributed by atoms with Crippen molar-refractivity contribution in [1.29, 1.82) is 0 Å². The third-order valence-corrected chi connectivity index (χ3v) is 1.62. The van der Waals surface area contributed by atoms with Gasteiger partial charge in [-0.25, -0.2) is 4.79 Å². The van der Waals surface area contributed by atoms with Crippen molar-refractivity contribution in [3.05, 3.63) is 23.7 Å². The minimum Gasteiger partial charge on any atom is -0.463 e. The number of carbonyl (C=O) groups is 1. The second-order valence-electron chi connectivity index (χ2n) is 2.31. The molecule has 66 valence electrons. The molecule has 12 heavy (non-hydrogen) atoms. The summed E-state index contributed by atoms with van der Waals surface area (Å²) in [4.78, 5) is 10.9. The standard InChI is InChI=1S/C8H9ClO3/c1-5(9)6-3-4-7(12-6)8(10)11-2/h3-5H,1-2H3. The van der Waals surface area contributed by atoms with Gasteiger partial charge in [-0.3, -0.25) is 0 Å². The van der Waals surface area contributed by atoms with E-state index in [9.17, 15) is 4.79 Å².